The normalized spacial score (nSPS) is 11.5. The Morgan fingerprint density at radius 3 is 1.84 bits per heavy atom. The zero-order valence-corrected chi connectivity index (χ0v) is 17.3. The van der Waals surface area contributed by atoms with Crippen molar-refractivity contribution in [3.05, 3.63) is 145 Å². The summed E-state index contributed by atoms with van der Waals surface area (Å²) in [4.78, 5) is 3.67. The quantitative estimate of drug-likeness (QED) is 0.289. The lowest BCUT2D eigenvalue weighted by Crippen LogP contribution is -1.92. The molecule has 0 spiro atoms. The van der Waals surface area contributed by atoms with Gasteiger partial charge in [-0.2, -0.15) is 0 Å². The maximum absolute atomic E-state index is 4.40. The highest BCUT2D eigenvalue weighted by atomic mass is 14.7. The number of fused-ring (bicyclic) bond motifs is 1. The highest BCUT2D eigenvalue weighted by Gasteiger charge is 2.18. The summed E-state index contributed by atoms with van der Waals surface area (Å²) in [5.74, 6) is 0. The number of benzene rings is 4. The molecule has 4 aromatic carbocycles. The molecule has 5 rings (SSSR count). The number of hydrogen-bond donors (Lipinski definition) is 1. The molecule has 0 atom stereocenters. The Morgan fingerprint density at radius 2 is 1.16 bits per heavy atom. The minimum Gasteiger partial charge on any atom is -0.354 e. The first-order valence-electron chi connectivity index (χ1n) is 10.5. The lowest BCUT2D eigenvalue weighted by Gasteiger charge is -2.13. The van der Waals surface area contributed by atoms with Gasteiger partial charge in [0, 0.05) is 16.5 Å². The van der Waals surface area contributed by atoms with E-state index in [1.165, 1.54) is 22.1 Å². The van der Waals surface area contributed by atoms with E-state index in [2.05, 4.69) is 127 Å². The summed E-state index contributed by atoms with van der Waals surface area (Å²) in [6.45, 7) is 4.40. The molecule has 1 heteroatoms. The van der Waals surface area contributed by atoms with Gasteiger partial charge in [-0.15, -0.1) is 0 Å². The van der Waals surface area contributed by atoms with Crippen LogP contribution in [0, 0.1) is 0 Å². The van der Waals surface area contributed by atoms with Crippen molar-refractivity contribution in [2.24, 2.45) is 0 Å². The van der Waals surface area contributed by atoms with E-state index in [1.54, 1.807) is 0 Å². The van der Waals surface area contributed by atoms with Crippen LogP contribution in [0.15, 0.2) is 128 Å². The highest BCUT2D eigenvalue weighted by molar-refractivity contribution is 6.05. The summed E-state index contributed by atoms with van der Waals surface area (Å²) < 4.78 is 0. The smallest absolute Gasteiger partial charge is 0.0544 e. The third-order valence-corrected chi connectivity index (χ3v) is 5.59. The van der Waals surface area contributed by atoms with Crippen LogP contribution < -0.4 is 0 Å². The lowest BCUT2D eigenvalue weighted by molar-refractivity contribution is 1.44. The predicted octanol–water partition coefficient (Wildman–Crippen LogP) is 7.98. The first kappa shape index (κ1) is 18.9. The maximum atomic E-state index is 4.40. The van der Waals surface area contributed by atoms with Gasteiger partial charge in [0.15, 0.2) is 0 Å². The van der Waals surface area contributed by atoms with Gasteiger partial charge in [-0.25, -0.2) is 0 Å². The molecule has 1 aromatic heterocycles. The molecule has 0 amide bonds. The molecule has 31 heavy (non-hydrogen) atoms. The number of nitrogens with one attached hydrogen (secondary N) is 1. The summed E-state index contributed by atoms with van der Waals surface area (Å²) >= 11 is 0. The van der Waals surface area contributed by atoms with E-state index >= 15 is 0 Å². The number of H-pyrrole nitrogens is 1. The standard InChI is InChI=1S/C30H23N/c1-22(23-13-5-2-6-14-23)21-27(24-15-7-3-8-16-24)29-26-19-11-12-20-28(26)31-30(29)25-17-9-4-10-18-25/h2-21,31H,1H2/b27-21+. The number of allylic oxidation sites excluding steroid dienone is 2. The van der Waals surface area contributed by atoms with E-state index in [-0.39, 0.29) is 0 Å². The van der Waals surface area contributed by atoms with Crippen molar-refractivity contribution in [1.29, 1.82) is 0 Å². The molecule has 5 aromatic rings. The summed E-state index contributed by atoms with van der Waals surface area (Å²) in [5.41, 5.74) is 9.06. The SMILES string of the molecule is C=C(/C=C(\c1ccccc1)c1c(-c2ccccc2)[nH]c2ccccc12)c1ccccc1. The van der Waals surface area contributed by atoms with Crippen molar-refractivity contribution in [2.75, 3.05) is 0 Å². The second-order valence-electron chi connectivity index (χ2n) is 7.60. The van der Waals surface area contributed by atoms with Crippen LogP contribution >= 0.6 is 0 Å². The fourth-order valence-electron chi connectivity index (χ4n) is 4.07. The Morgan fingerprint density at radius 1 is 0.613 bits per heavy atom. The predicted molar refractivity (Wildman–Crippen MR) is 133 cm³/mol. The third-order valence-electron chi connectivity index (χ3n) is 5.59. The first-order valence-corrected chi connectivity index (χ1v) is 10.5. The van der Waals surface area contributed by atoms with Crippen molar-refractivity contribution < 1.29 is 0 Å². The largest absolute Gasteiger partial charge is 0.354 e. The molecular formula is C30H23N. The summed E-state index contributed by atoms with van der Waals surface area (Å²) in [6, 6.07) is 40.0. The number of aromatic amines is 1. The minimum absolute atomic E-state index is 0.990. The van der Waals surface area contributed by atoms with Crippen LogP contribution in [0.1, 0.15) is 16.7 Å². The van der Waals surface area contributed by atoms with Gasteiger partial charge in [0.25, 0.3) is 0 Å². The van der Waals surface area contributed by atoms with Crippen molar-refractivity contribution in [3.8, 4) is 11.3 Å². The molecule has 148 valence electrons. The fraction of sp³-hybridized carbons (Fsp3) is 0. The monoisotopic (exact) mass is 397 g/mol. The Kier molecular flexibility index (Phi) is 5.08. The van der Waals surface area contributed by atoms with Crippen LogP contribution in [0.2, 0.25) is 0 Å². The fourth-order valence-corrected chi connectivity index (χ4v) is 4.07. The maximum Gasteiger partial charge on any atom is 0.0544 e. The van der Waals surface area contributed by atoms with Crippen molar-refractivity contribution >= 4 is 22.0 Å². The van der Waals surface area contributed by atoms with Gasteiger partial charge >= 0.3 is 0 Å². The van der Waals surface area contributed by atoms with Gasteiger partial charge in [-0.3, -0.25) is 0 Å². The van der Waals surface area contributed by atoms with Gasteiger partial charge in [0.1, 0.15) is 0 Å². The Balaban J connectivity index is 1.79. The first-order chi connectivity index (χ1) is 15.3. The molecule has 0 aliphatic heterocycles. The average molecular weight is 398 g/mol. The van der Waals surface area contributed by atoms with Crippen LogP contribution in [0.3, 0.4) is 0 Å². The summed E-state index contributed by atoms with van der Waals surface area (Å²) in [7, 11) is 0. The van der Waals surface area contributed by atoms with Gasteiger partial charge < -0.3 is 4.98 Å². The molecule has 0 radical (unpaired) electrons. The minimum atomic E-state index is 0.990. The second-order valence-corrected chi connectivity index (χ2v) is 7.60. The number of para-hydroxylation sites is 1. The topological polar surface area (TPSA) is 15.8 Å². The van der Waals surface area contributed by atoms with Gasteiger partial charge in [0.2, 0.25) is 0 Å². The molecule has 0 aliphatic carbocycles. The molecule has 1 heterocycles. The molecule has 0 saturated carbocycles. The molecule has 0 saturated heterocycles. The van der Waals surface area contributed by atoms with Gasteiger partial charge in [-0.1, -0.05) is 116 Å². The van der Waals surface area contributed by atoms with E-state index in [9.17, 15) is 0 Å². The van der Waals surface area contributed by atoms with E-state index < -0.39 is 0 Å². The van der Waals surface area contributed by atoms with Crippen LogP contribution in [-0.2, 0) is 0 Å². The van der Waals surface area contributed by atoms with E-state index in [4.69, 9.17) is 0 Å². The Bertz CT molecular complexity index is 1360. The van der Waals surface area contributed by atoms with E-state index in [0.717, 1.165) is 27.9 Å². The second kappa shape index (κ2) is 8.33. The van der Waals surface area contributed by atoms with Crippen molar-refractivity contribution in [3.63, 3.8) is 0 Å². The summed E-state index contributed by atoms with van der Waals surface area (Å²) in [5, 5.41) is 1.21. The molecule has 0 aliphatic rings. The molecule has 0 bridgehead atoms. The zero-order valence-electron chi connectivity index (χ0n) is 17.3. The van der Waals surface area contributed by atoms with Gasteiger partial charge in [0.05, 0.1) is 5.69 Å². The molecule has 0 unspecified atom stereocenters. The van der Waals surface area contributed by atoms with E-state index in [1.807, 2.05) is 6.07 Å². The lowest BCUT2D eigenvalue weighted by atomic mass is 9.90. The van der Waals surface area contributed by atoms with Crippen molar-refractivity contribution in [1.82, 2.24) is 4.98 Å². The molecule has 0 fully saturated rings. The third kappa shape index (κ3) is 3.74. The van der Waals surface area contributed by atoms with Crippen LogP contribution in [0.25, 0.3) is 33.3 Å². The highest BCUT2D eigenvalue weighted by Crippen LogP contribution is 2.39. The van der Waals surface area contributed by atoms with Crippen LogP contribution in [-0.4, -0.2) is 4.98 Å². The average Bonchev–Trinajstić information content (AvgIpc) is 3.23. The Hall–Kier alpha value is -4.10. The molecule has 1 nitrogen and oxygen atoms in total. The molecular weight excluding hydrogens is 374 g/mol. The number of rotatable bonds is 5. The number of aromatic nitrogens is 1. The Labute approximate surface area is 183 Å². The number of hydrogen-bond acceptors (Lipinski definition) is 0. The van der Waals surface area contributed by atoms with Crippen LogP contribution in [0.5, 0.6) is 0 Å². The molecule has 1 N–H and O–H groups in total. The summed E-state index contributed by atoms with van der Waals surface area (Å²) in [6.07, 6.45) is 2.22. The zero-order chi connectivity index (χ0) is 21.0. The van der Waals surface area contributed by atoms with Crippen LogP contribution in [0.4, 0.5) is 0 Å². The van der Waals surface area contributed by atoms with E-state index in [0.29, 0.717) is 0 Å². The van der Waals surface area contributed by atoms with Gasteiger partial charge in [-0.05, 0) is 40.0 Å². The van der Waals surface area contributed by atoms with Crippen molar-refractivity contribution in [2.45, 2.75) is 0 Å².